The van der Waals surface area contributed by atoms with Gasteiger partial charge in [0.25, 0.3) is 0 Å². The van der Waals surface area contributed by atoms with Crippen molar-refractivity contribution >= 4 is 23.6 Å². The Kier molecular flexibility index (Phi) is 21.8. The fourth-order valence-corrected chi connectivity index (χ4v) is 7.02. The molecule has 0 aliphatic carbocycles. The SMILES string of the molecule is COc1ccc(CN(Cc2ccc(N(C)C)cc2)C(=O)OC(C)OC(C)OCCC(CCOC(C)OC(C)OC(=O)N(Cc2ccc(OC)cc2)Cc2ccc(N(C)C)cc2)N(C)C)cc1. The maximum atomic E-state index is 13.6. The number of anilines is 2. The number of hydrogen-bond donors (Lipinski definition) is 0. The molecule has 15 heteroatoms. The molecule has 0 N–H and O–H groups in total. The number of amides is 2. The van der Waals surface area contributed by atoms with Gasteiger partial charge in [0.15, 0.2) is 12.6 Å². The van der Waals surface area contributed by atoms with E-state index < -0.39 is 37.3 Å². The maximum Gasteiger partial charge on any atom is 0.412 e. The van der Waals surface area contributed by atoms with E-state index in [4.69, 9.17) is 37.9 Å². The summed E-state index contributed by atoms with van der Waals surface area (Å²) < 4.78 is 46.1. The smallest absolute Gasteiger partial charge is 0.412 e. The van der Waals surface area contributed by atoms with Crippen LogP contribution in [-0.4, -0.2) is 128 Å². The van der Waals surface area contributed by atoms with E-state index in [9.17, 15) is 9.59 Å². The Morgan fingerprint density at radius 1 is 0.455 bits per heavy atom. The van der Waals surface area contributed by atoms with Crippen molar-refractivity contribution in [2.24, 2.45) is 0 Å². The molecule has 0 bridgehead atoms. The number of ether oxygens (including phenoxy) is 8. The molecule has 4 aromatic carbocycles. The molecule has 0 radical (unpaired) electrons. The van der Waals surface area contributed by atoms with Crippen molar-refractivity contribution in [1.29, 1.82) is 0 Å². The molecule has 2 amide bonds. The Hall–Kier alpha value is -5.58. The summed E-state index contributed by atoms with van der Waals surface area (Å²) in [6.45, 7) is 9.12. The van der Waals surface area contributed by atoms with Gasteiger partial charge in [-0.25, -0.2) is 9.59 Å². The third kappa shape index (κ3) is 18.4. The number of nitrogens with zero attached hydrogens (tertiary/aromatic N) is 5. The molecule has 0 aliphatic rings. The molecule has 0 saturated carbocycles. The van der Waals surface area contributed by atoms with E-state index in [-0.39, 0.29) is 6.04 Å². The Morgan fingerprint density at radius 2 is 0.758 bits per heavy atom. The number of rotatable bonds is 27. The van der Waals surface area contributed by atoms with Crippen LogP contribution in [0.3, 0.4) is 0 Å². The zero-order chi connectivity index (χ0) is 48.2. The molecule has 0 aliphatic heterocycles. The maximum absolute atomic E-state index is 13.6. The predicted octanol–water partition coefficient (Wildman–Crippen LogP) is 8.97. The van der Waals surface area contributed by atoms with Gasteiger partial charge in [0.05, 0.1) is 27.4 Å². The lowest BCUT2D eigenvalue weighted by Crippen LogP contribution is -2.35. The summed E-state index contributed by atoms with van der Waals surface area (Å²) >= 11 is 0. The van der Waals surface area contributed by atoms with Crippen LogP contribution < -0.4 is 19.3 Å². The molecular formula is C51H73N5O10. The van der Waals surface area contributed by atoms with E-state index in [0.29, 0.717) is 52.2 Å². The molecule has 4 unspecified atom stereocenters. The van der Waals surface area contributed by atoms with Crippen molar-refractivity contribution in [2.75, 3.05) is 79.5 Å². The van der Waals surface area contributed by atoms with E-state index in [0.717, 1.165) is 45.1 Å². The van der Waals surface area contributed by atoms with Crippen molar-refractivity contribution in [3.05, 3.63) is 119 Å². The van der Waals surface area contributed by atoms with Gasteiger partial charge in [0, 0.05) is 71.8 Å². The van der Waals surface area contributed by atoms with Crippen LogP contribution >= 0.6 is 0 Å². The van der Waals surface area contributed by atoms with Crippen LogP contribution in [0, 0.1) is 0 Å². The summed E-state index contributed by atoms with van der Waals surface area (Å²) in [4.78, 5) is 36.6. The molecule has 4 atom stereocenters. The highest BCUT2D eigenvalue weighted by molar-refractivity contribution is 5.68. The van der Waals surface area contributed by atoms with Gasteiger partial charge < -0.3 is 52.6 Å². The molecule has 0 saturated heterocycles. The molecule has 0 spiro atoms. The molecule has 4 rings (SSSR count). The highest BCUT2D eigenvalue weighted by Gasteiger charge is 2.23. The second kappa shape index (κ2) is 27.2. The molecular weight excluding hydrogens is 843 g/mol. The van der Waals surface area contributed by atoms with Crippen LogP contribution in [-0.2, 0) is 54.6 Å². The van der Waals surface area contributed by atoms with E-state index in [2.05, 4.69) is 4.90 Å². The van der Waals surface area contributed by atoms with Gasteiger partial charge in [0.2, 0.25) is 12.6 Å². The van der Waals surface area contributed by atoms with Gasteiger partial charge in [-0.3, -0.25) is 9.80 Å². The average Bonchev–Trinajstić information content (AvgIpc) is 3.28. The van der Waals surface area contributed by atoms with Gasteiger partial charge in [-0.15, -0.1) is 0 Å². The number of carbonyl (C=O) groups excluding carboxylic acids is 2. The molecule has 15 nitrogen and oxygen atoms in total. The van der Waals surface area contributed by atoms with Crippen molar-refractivity contribution in [3.63, 3.8) is 0 Å². The van der Waals surface area contributed by atoms with Crippen LogP contribution in [0.25, 0.3) is 0 Å². The quantitative estimate of drug-likeness (QED) is 0.0530. The average molecular weight is 916 g/mol. The first-order valence-corrected chi connectivity index (χ1v) is 22.4. The van der Waals surface area contributed by atoms with Crippen molar-refractivity contribution in [2.45, 2.75) is 97.9 Å². The van der Waals surface area contributed by atoms with E-state index in [1.165, 1.54) is 0 Å². The summed E-state index contributed by atoms with van der Waals surface area (Å²) in [5.74, 6) is 1.48. The minimum atomic E-state index is -0.861. The van der Waals surface area contributed by atoms with Gasteiger partial charge >= 0.3 is 12.2 Å². The van der Waals surface area contributed by atoms with E-state index in [1.54, 1.807) is 51.7 Å². The topological polar surface area (TPSA) is 124 Å². The fourth-order valence-electron chi connectivity index (χ4n) is 7.02. The molecule has 66 heavy (non-hydrogen) atoms. The minimum Gasteiger partial charge on any atom is -0.497 e. The van der Waals surface area contributed by atoms with E-state index in [1.807, 2.05) is 149 Å². The largest absolute Gasteiger partial charge is 0.497 e. The number of carbonyl (C=O) groups is 2. The number of hydrogen-bond acceptors (Lipinski definition) is 13. The summed E-state index contributed by atoms with van der Waals surface area (Å²) in [5.41, 5.74) is 5.94. The number of methoxy groups -OCH3 is 2. The summed E-state index contributed by atoms with van der Waals surface area (Å²) in [5, 5.41) is 0. The van der Waals surface area contributed by atoms with Crippen molar-refractivity contribution < 1.29 is 47.5 Å². The Bertz CT molecular complexity index is 1860. The first kappa shape index (κ1) is 53.0. The van der Waals surface area contributed by atoms with Gasteiger partial charge in [0.1, 0.15) is 11.5 Å². The normalized spacial score (nSPS) is 13.5. The highest BCUT2D eigenvalue weighted by Crippen LogP contribution is 2.21. The van der Waals surface area contributed by atoms with Crippen LogP contribution in [0.1, 0.15) is 62.8 Å². The van der Waals surface area contributed by atoms with E-state index >= 15 is 0 Å². The second-order valence-corrected chi connectivity index (χ2v) is 16.8. The second-order valence-electron chi connectivity index (χ2n) is 16.8. The third-order valence-electron chi connectivity index (χ3n) is 10.9. The molecule has 362 valence electrons. The molecule has 0 fully saturated rings. The molecule has 0 aromatic heterocycles. The first-order chi connectivity index (χ1) is 31.5. The lowest BCUT2D eigenvalue weighted by Gasteiger charge is -2.28. The highest BCUT2D eigenvalue weighted by atomic mass is 16.8. The van der Waals surface area contributed by atoms with Crippen LogP contribution in [0.15, 0.2) is 97.1 Å². The lowest BCUT2D eigenvalue weighted by molar-refractivity contribution is -0.218. The Morgan fingerprint density at radius 3 is 1.03 bits per heavy atom. The van der Waals surface area contributed by atoms with Crippen LogP contribution in [0.2, 0.25) is 0 Å². The zero-order valence-corrected chi connectivity index (χ0v) is 41.1. The van der Waals surface area contributed by atoms with Gasteiger partial charge in [-0.1, -0.05) is 48.5 Å². The summed E-state index contributed by atoms with van der Waals surface area (Å²) in [7, 11) is 15.2. The van der Waals surface area contributed by atoms with Crippen molar-refractivity contribution in [1.82, 2.24) is 14.7 Å². The van der Waals surface area contributed by atoms with Crippen molar-refractivity contribution in [3.8, 4) is 11.5 Å². The third-order valence-corrected chi connectivity index (χ3v) is 10.9. The zero-order valence-electron chi connectivity index (χ0n) is 41.1. The standard InChI is InChI=1S/C51H73N5O10/c1-37(63-39(3)65-50(57)55(35-43-17-25-48(59-11)26-18-43)33-41-13-21-45(22-14-41)52(5)6)61-31-29-47(54(9)10)30-32-62-38(2)64-40(4)66-51(58)56(36-44-19-27-49(60-12)28-20-44)34-42-15-23-46(24-16-42)53(7)8/h13-28,37-40,47H,29-36H2,1-12H3. The monoisotopic (exact) mass is 916 g/mol. The van der Waals surface area contributed by atoms with Gasteiger partial charge in [-0.05, 0) is 125 Å². The summed E-state index contributed by atoms with van der Waals surface area (Å²) in [6.07, 6.45) is -2.59. The number of benzene rings is 4. The Labute approximate surface area is 392 Å². The minimum absolute atomic E-state index is 0.131. The fraction of sp³-hybridized carbons (Fsp3) is 0.490. The summed E-state index contributed by atoms with van der Waals surface area (Å²) in [6, 6.07) is 31.5. The lowest BCUT2D eigenvalue weighted by atomic mass is 10.1. The van der Waals surface area contributed by atoms with Gasteiger partial charge in [-0.2, -0.15) is 0 Å². The Balaban J connectivity index is 1.21. The van der Waals surface area contributed by atoms with Crippen LogP contribution in [0.5, 0.6) is 11.5 Å². The predicted molar refractivity (Wildman–Crippen MR) is 258 cm³/mol. The molecule has 4 aromatic rings. The van der Waals surface area contributed by atoms with Crippen LogP contribution in [0.4, 0.5) is 21.0 Å². The molecule has 0 heterocycles. The first-order valence-electron chi connectivity index (χ1n) is 22.4.